The molecule has 0 bridgehead atoms. The fourth-order valence-corrected chi connectivity index (χ4v) is 3.09. The highest BCUT2D eigenvalue weighted by atomic mass is 35.5. The van der Waals surface area contributed by atoms with Crippen LogP contribution < -0.4 is 20.1 Å². The number of rotatable bonds is 5. The van der Waals surface area contributed by atoms with Crippen LogP contribution in [0, 0.1) is 0 Å². The highest BCUT2D eigenvalue weighted by Gasteiger charge is 2.17. The number of nitrogens with one attached hydrogen (secondary N) is 2. The summed E-state index contributed by atoms with van der Waals surface area (Å²) in [4.78, 5) is 28.4. The molecule has 3 aromatic rings. The van der Waals surface area contributed by atoms with Gasteiger partial charge in [-0.1, -0.05) is 17.7 Å². The predicted octanol–water partition coefficient (Wildman–Crippen LogP) is 4.37. The van der Waals surface area contributed by atoms with Gasteiger partial charge in [0.05, 0.1) is 5.02 Å². The van der Waals surface area contributed by atoms with Crippen molar-refractivity contribution in [2.45, 2.75) is 0 Å². The number of anilines is 2. The maximum absolute atomic E-state index is 12.3. The average molecular weight is 422 g/mol. The van der Waals surface area contributed by atoms with E-state index in [0.29, 0.717) is 39.0 Å². The third kappa shape index (κ3) is 4.59. The van der Waals surface area contributed by atoms with Crippen LogP contribution in [0.4, 0.5) is 11.4 Å². The second-order valence-electron chi connectivity index (χ2n) is 6.33. The summed E-state index contributed by atoms with van der Waals surface area (Å²) < 4.78 is 10.6. The van der Waals surface area contributed by atoms with E-state index in [-0.39, 0.29) is 18.6 Å². The van der Waals surface area contributed by atoms with E-state index in [1.54, 1.807) is 67.0 Å². The molecule has 0 radical (unpaired) electrons. The van der Waals surface area contributed by atoms with Gasteiger partial charge in [-0.2, -0.15) is 0 Å². The molecule has 0 spiro atoms. The largest absolute Gasteiger partial charge is 0.454 e. The maximum atomic E-state index is 12.3. The number of ether oxygens (including phenoxy) is 2. The number of hydrogen-bond acceptors (Lipinski definition) is 5. The first-order chi connectivity index (χ1) is 14.6. The molecule has 0 atom stereocenters. The Bertz CT molecular complexity index is 1130. The van der Waals surface area contributed by atoms with E-state index in [1.807, 2.05) is 0 Å². The molecule has 0 aliphatic carbocycles. The Kier molecular flexibility index (Phi) is 5.63. The first-order valence-corrected chi connectivity index (χ1v) is 9.36. The van der Waals surface area contributed by atoms with Crippen LogP contribution >= 0.6 is 11.6 Å². The Hall–Kier alpha value is -3.84. The minimum Gasteiger partial charge on any atom is -0.454 e. The first-order valence-electron chi connectivity index (χ1n) is 8.98. The first kappa shape index (κ1) is 19.5. The average Bonchev–Trinajstić information content (AvgIpc) is 3.22. The molecular formula is C22H16ClN3O4. The Labute approximate surface area is 177 Å². The van der Waals surface area contributed by atoms with Crippen molar-refractivity contribution in [2.24, 2.45) is 0 Å². The van der Waals surface area contributed by atoms with Gasteiger partial charge in [-0.15, -0.1) is 0 Å². The number of halogens is 1. The summed E-state index contributed by atoms with van der Waals surface area (Å²) in [5.41, 5.74) is 2.30. The van der Waals surface area contributed by atoms with Crippen molar-refractivity contribution in [1.82, 2.24) is 4.98 Å². The smallest absolute Gasteiger partial charge is 0.255 e. The number of hydrogen-bond donors (Lipinski definition) is 2. The summed E-state index contributed by atoms with van der Waals surface area (Å²) in [6.07, 6.45) is 6.10. The van der Waals surface area contributed by atoms with Crippen molar-refractivity contribution in [1.29, 1.82) is 0 Å². The molecule has 7 nitrogen and oxygen atoms in total. The van der Waals surface area contributed by atoms with Gasteiger partial charge >= 0.3 is 0 Å². The molecule has 0 saturated heterocycles. The summed E-state index contributed by atoms with van der Waals surface area (Å²) in [6.45, 7) is 0.122. The van der Waals surface area contributed by atoms with Crippen LogP contribution in [0.2, 0.25) is 5.02 Å². The third-order valence-corrected chi connectivity index (χ3v) is 4.49. The Morgan fingerprint density at radius 2 is 1.77 bits per heavy atom. The number of carbonyl (C=O) groups excluding carboxylic acids is 2. The molecule has 0 fully saturated rings. The molecule has 1 aliphatic rings. The van der Waals surface area contributed by atoms with Gasteiger partial charge < -0.3 is 20.1 Å². The summed E-state index contributed by atoms with van der Waals surface area (Å²) in [5.74, 6) is 0.450. The van der Waals surface area contributed by atoms with Crippen LogP contribution in [0.15, 0.2) is 67.0 Å². The summed E-state index contributed by atoms with van der Waals surface area (Å²) in [7, 11) is 0. The molecule has 2 heterocycles. The SMILES string of the molecule is O=C(/C=C/c1cc(Cl)c2c(c1)OCO2)Nc1cccc(NC(=O)c2ccncc2)c1. The van der Waals surface area contributed by atoms with Gasteiger partial charge in [-0.25, -0.2) is 0 Å². The van der Waals surface area contributed by atoms with Gasteiger partial charge in [0.15, 0.2) is 11.5 Å². The predicted molar refractivity (Wildman–Crippen MR) is 114 cm³/mol. The van der Waals surface area contributed by atoms with Crippen LogP contribution in [0.1, 0.15) is 15.9 Å². The van der Waals surface area contributed by atoms with Crippen molar-refractivity contribution in [3.8, 4) is 11.5 Å². The molecule has 2 amide bonds. The molecule has 8 heteroatoms. The number of carbonyl (C=O) groups is 2. The molecule has 2 aromatic carbocycles. The van der Waals surface area contributed by atoms with Crippen molar-refractivity contribution in [2.75, 3.05) is 17.4 Å². The number of amides is 2. The number of pyridine rings is 1. The molecule has 150 valence electrons. The summed E-state index contributed by atoms with van der Waals surface area (Å²) >= 11 is 6.15. The van der Waals surface area contributed by atoms with E-state index in [1.165, 1.54) is 6.08 Å². The maximum Gasteiger partial charge on any atom is 0.255 e. The van der Waals surface area contributed by atoms with Gasteiger partial charge in [0.1, 0.15) is 0 Å². The number of nitrogens with zero attached hydrogens (tertiary/aromatic N) is 1. The Morgan fingerprint density at radius 1 is 1.00 bits per heavy atom. The lowest BCUT2D eigenvalue weighted by Crippen LogP contribution is -2.12. The third-order valence-electron chi connectivity index (χ3n) is 4.21. The lowest BCUT2D eigenvalue weighted by Gasteiger charge is -2.08. The van der Waals surface area contributed by atoms with Crippen LogP contribution in [0.3, 0.4) is 0 Å². The number of aromatic nitrogens is 1. The van der Waals surface area contributed by atoms with Crippen molar-refractivity contribution in [3.63, 3.8) is 0 Å². The van der Waals surface area contributed by atoms with E-state index < -0.39 is 0 Å². The lowest BCUT2D eigenvalue weighted by atomic mass is 10.2. The summed E-state index contributed by atoms with van der Waals surface area (Å²) in [5, 5.41) is 5.96. The number of benzene rings is 2. The fourth-order valence-electron chi connectivity index (χ4n) is 2.82. The normalized spacial score (nSPS) is 12.0. The molecule has 4 rings (SSSR count). The second-order valence-corrected chi connectivity index (χ2v) is 6.74. The van der Waals surface area contributed by atoms with Gasteiger partial charge in [-0.3, -0.25) is 14.6 Å². The van der Waals surface area contributed by atoms with Gasteiger partial charge in [-0.05, 0) is 54.1 Å². The molecular weight excluding hydrogens is 406 g/mol. The zero-order chi connectivity index (χ0) is 20.9. The van der Waals surface area contributed by atoms with E-state index in [4.69, 9.17) is 21.1 Å². The van der Waals surface area contributed by atoms with Gasteiger partial charge in [0.25, 0.3) is 5.91 Å². The monoisotopic (exact) mass is 421 g/mol. The molecule has 30 heavy (non-hydrogen) atoms. The molecule has 1 aliphatic heterocycles. The minimum absolute atomic E-state index is 0.122. The van der Waals surface area contributed by atoms with Gasteiger partial charge in [0, 0.05) is 35.4 Å². The van der Waals surface area contributed by atoms with E-state index in [0.717, 1.165) is 0 Å². The molecule has 0 unspecified atom stereocenters. The van der Waals surface area contributed by atoms with E-state index in [9.17, 15) is 9.59 Å². The van der Waals surface area contributed by atoms with Crippen LogP contribution in [-0.2, 0) is 4.79 Å². The highest BCUT2D eigenvalue weighted by Crippen LogP contribution is 2.40. The van der Waals surface area contributed by atoms with Crippen molar-refractivity contribution < 1.29 is 19.1 Å². The van der Waals surface area contributed by atoms with Crippen LogP contribution in [0.25, 0.3) is 6.08 Å². The highest BCUT2D eigenvalue weighted by molar-refractivity contribution is 6.32. The van der Waals surface area contributed by atoms with Crippen LogP contribution in [-0.4, -0.2) is 23.6 Å². The van der Waals surface area contributed by atoms with Gasteiger partial charge in [0.2, 0.25) is 12.7 Å². The molecule has 2 N–H and O–H groups in total. The summed E-state index contributed by atoms with van der Waals surface area (Å²) in [6, 6.07) is 13.5. The zero-order valence-corrected chi connectivity index (χ0v) is 16.3. The Balaban J connectivity index is 1.40. The standard InChI is InChI=1S/C22H16ClN3O4/c23-18-10-14(11-19-21(18)30-13-29-19)4-5-20(27)25-16-2-1-3-17(12-16)26-22(28)15-6-8-24-9-7-15/h1-12H,13H2,(H,25,27)(H,26,28)/b5-4+. The number of fused-ring (bicyclic) bond motifs is 1. The van der Waals surface area contributed by atoms with Crippen molar-refractivity contribution in [3.05, 3.63) is 83.2 Å². The fraction of sp³-hybridized carbons (Fsp3) is 0.0455. The van der Waals surface area contributed by atoms with E-state index >= 15 is 0 Å². The quantitative estimate of drug-likeness (QED) is 0.597. The van der Waals surface area contributed by atoms with Crippen molar-refractivity contribution >= 4 is 40.9 Å². The molecule has 0 saturated carbocycles. The lowest BCUT2D eigenvalue weighted by molar-refractivity contribution is -0.111. The van der Waals surface area contributed by atoms with E-state index in [2.05, 4.69) is 15.6 Å². The second kappa shape index (κ2) is 8.67. The topological polar surface area (TPSA) is 89.5 Å². The minimum atomic E-state index is -0.332. The zero-order valence-electron chi connectivity index (χ0n) is 15.6. The van der Waals surface area contributed by atoms with Crippen LogP contribution in [0.5, 0.6) is 11.5 Å². The Morgan fingerprint density at radius 3 is 2.57 bits per heavy atom. The molecule has 1 aromatic heterocycles.